The highest BCUT2D eigenvalue weighted by atomic mass is 16.5. The van der Waals surface area contributed by atoms with Gasteiger partial charge in [0.05, 0.1) is 14.2 Å². The summed E-state index contributed by atoms with van der Waals surface area (Å²) in [7, 11) is 5.36. The third-order valence-corrected chi connectivity index (χ3v) is 3.05. The molecule has 0 unspecified atom stereocenters. The van der Waals surface area contributed by atoms with Crippen LogP contribution in [0.25, 0.3) is 0 Å². The van der Waals surface area contributed by atoms with Gasteiger partial charge in [-0.05, 0) is 43.1 Å². The molecule has 0 radical (unpaired) electrons. The quantitative estimate of drug-likeness (QED) is 0.812. The van der Waals surface area contributed by atoms with Gasteiger partial charge in [0, 0.05) is 6.04 Å². The molecule has 0 fully saturated rings. The van der Waals surface area contributed by atoms with Crippen LogP contribution >= 0.6 is 0 Å². The van der Waals surface area contributed by atoms with Crippen molar-refractivity contribution in [3.8, 4) is 11.5 Å². The van der Waals surface area contributed by atoms with Gasteiger partial charge >= 0.3 is 0 Å². The summed E-state index contributed by atoms with van der Waals surface area (Å²) in [5, 5.41) is 3.30. The van der Waals surface area contributed by atoms with Crippen LogP contribution in [0, 0.1) is 0 Å². The van der Waals surface area contributed by atoms with Crippen LogP contribution in [-0.2, 0) is 12.8 Å². The molecule has 0 heterocycles. The van der Waals surface area contributed by atoms with Crippen molar-refractivity contribution >= 4 is 0 Å². The molecule has 0 saturated carbocycles. The smallest absolute Gasteiger partial charge is 0.161 e. The lowest BCUT2D eigenvalue weighted by Gasteiger charge is -2.09. The summed E-state index contributed by atoms with van der Waals surface area (Å²) in [6, 6.07) is 4.73. The first-order chi connectivity index (χ1) is 7.28. The number of fused-ring (bicyclic) bond motifs is 1. The van der Waals surface area contributed by atoms with Gasteiger partial charge in [0.1, 0.15) is 0 Å². The first kappa shape index (κ1) is 10.3. The van der Waals surface area contributed by atoms with Gasteiger partial charge in [-0.3, -0.25) is 0 Å². The minimum absolute atomic E-state index is 0.553. The predicted molar refractivity (Wildman–Crippen MR) is 59.8 cm³/mol. The molecular weight excluding hydrogens is 190 g/mol. The third-order valence-electron chi connectivity index (χ3n) is 3.05. The lowest BCUT2D eigenvalue weighted by Crippen LogP contribution is -2.24. The number of nitrogens with one attached hydrogen (secondary N) is 1. The molecule has 3 nitrogen and oxygen atoms in total. The minimum atomic E-state index is 0.553. The summed E-state index contributed by atoms with van der Waals surface area (Å²) in [6.45, 7) is 0. The zero-order valence-electron chi connectivity index (χ0n) is 9.46. The van der Waals surface area contributed by atoms with Crippen LogP contribution in [0.15, 0.2) is 12.1 Å². The molecule has 0 amide bonds. The second-order valence-corrected chi connectivity index (χ2v) is 3.87. The fraction of sp³-hybridized carbons (Fsp3) is 0.500. The molecule has 0 bridgehead atoms. The van der Waals surface area contributed by atoms with Crippen molar-refractivity contribution in [1.29, 1.82) is 0 Å². The fourth-order valence-corrected chi connectivity index (χ4v) is 2.15. The first-order valence-electron chi connectivity index (χ1n) is 5.19. The van der Waals surface area contributed by atoms with E-state index < -0.39 is 0 Å². The van der Waals surface area contributed by atoms with Crippen LogP contribution in [0.5, 0.6) is 11.5 Å². The normalized spacial score (nSPS) is 15.1. The number of ether oxygens (including phenoxy) is 2. The standard InChI is InChI=1S/C12H17NO2/c1-13-10-4-8-6-11(14-2)12(15-3)7-9(8)5-10/h6-7,10,13H,4-5H2,1-3H3. The SMILES string of the molecule is CNC1Cc2cc(OC)c(OC)cc2C1. The summed E-state index contributed by atoms with van der Waals surface area (Å²) in [5.41, 5.74) is 2.74. The van der Waals surface area contributed by atoms with Crippen molar-refractivity contribution < 1.29 is 9.47 Å². The van der Waals surface area contributed by atoms with E-state index in [2.05, 4.69) is 17.4 Å². The highest BCUT2D eigenvalue weighted by Gasteiger charge is 2.22. The molecule has 1 aliphatic rings. The van der Waals surface area contributed by atoms with Gasteiger partial charge in [0.2, 0.25) is 0 Å². The van der Waals surface area contributed by atoms with E-state index in [0.29, 0.717) is 6.04 Å². The van der Waals surface area contributed by atoms with E-state index in [1.807, 2.05) is 7.05 Å². The maximum atomic E-state index is 5.28. The van der Waals surface area contributed by atoms with Crippen molar-refractivity contribution in [2.75, 3.05) is 21.3 Å². The summed E-state index contributed by atoms with van der Waals surface area (Å²) in [6.07, 6.45) is 2.15. The van der Waals surface area contributed by atoms with Gasteiger partial charge in [0.15, 0.2) is 11.5 Å². The number of hydrogen-bond acceptors (Lipinski definition) is 3. The third kappa shape index (κ3) is 1.79. The summed E-state index contributed by atoms with van der Waals surface area (Å²) >= 11 is 0. The highest BCUT2D eigenvalue weighted by Crippen LogP contribution is 2.34. The predicted octanol–water partition coefficient (Wildman–Crippen LogP) is 1.39. The Hall–Kier alpha value is -1.22. The molecule has 2 rings (SSSR count). The number of likely N-dealkylation sites (N-methyl/N-ethyl adjacent to an activating group) is 1. The lowest BCUT2D eigenvalue weighted by molar-refractivity contribution is 0.354. The molecule has 0 atom stereocenters. The van der Waals surface area contributed by atoms with E-state index in [-0.39, 0.29) is 0 Å². The number of hydrogen-bond donors (Lipinski definition) is 1. The molecule has 0 aromatic heterocycles. The van der Waals surface area contributed by atoms with Crippen molar-refractivity contribution in [1.82, 2.24) is 5.32 Å². The average molecular weight is 207 g/mol. The maximum absolute atomic E-state index is 5.28. The Balaban J connectivity index is 2.35. The zero-order valence-corrected chi connectivity index (χ0v) is 9.46. The van der Waals surface area contributed by atoms with Crippen molar-refractivity contribution in [3.05, 3.63) is 23.3 Å². The molecule has 1 N–H and O–H groups in total. The molecular formula is C12H17NO2. The molecule has 0 saturated heterocycles. The molecule has 0 spiro atoms. The molecule has 1 aromatic carbocycles. The summed E-state index contributed by atoms with van der Waals surface area (Å²) < 4.78 is 10.6. The lowest BCUT2D eigenvalue weighted by atomic mass is 10.1. The Morgan fingerprint density at radius 3 is 1.87 bits per heavy atom. The van der Waals surface area contributed by atoms with Gasteiger partial charge < -0.3 is 14.8 Å². The van der Waals surface area contributed by atoms with Crippen LogP contribution in [0.3, 0.4) is 0 Å². The molecule has 0 aliphatic heterocycles. The van der Waals surface area contributed by atoms with E-state index in [4.69, 9.17) is 9.47 Å². The van der Waals surface area contributed by atoms with Gasteiger partial charge in [-0.2, -0.15) is 0 Å². The second-order valence-electron chi connectivity index (χ2n) is 3.87. The van der Waals surface area contributed by atoms with E-state index in [1.54, 1.807) is 14.2 Å². The van der Waals surface area contributed by atoms with Crippen molar-refractivity contribution in [3.63, 3.8) is 0 Å². The fourth-order valence-electron chi connectivity index (χ4n) is 2.15. The van der Waals surface area contributed by atoms with Crippen molar-refractivity contribution in [2.45, 2.75) is 18.9 Å². The summed E-state index contributed by atoms with van der Waals surface area (Å²) in [4.78, 5) is 0. The molecule has 1 aromatic rings. The van der Waals surface area contributed by atoms with Crippen LogP contribution in [0.4, 0.5) is 0 Å². The van der Waals surface area contributed by atoms with Gasteiger partial charge in [-0.15, -0.1) is 0 Å². The largest absolute Gasteiger partial charge is 0.493 e. The van der Waals surface area contributed by atoms with Crippen molar-refractivity contribution in [2.24, 2.45) is 0 Å². The van der Waals surface area contributed by atoms with Crippen LogP contribution in [0.2, 0.25) is 0 Å². The van der Waals surface area contributed by atoms with Gasteiger partial charge in [0.25, 0.3) is 0 Å². The molecule has 82 valence electrons. The molecule has 1 aliphatic carbocycles. The minimum Gasteiger partial charge on any atom is -0.493 e. The number of rotatable bonds is 3. The highest BCUT2D eigenvalue weighted by molar-refractivity contribution is 5.49. The van der Waals surface area contributed by atoms with E-state index in [9.17, 15) is 0 Å². The second kappa shape index (κ2) is 4.11. The Labute approximate surface area is 90.4 Å². The Bertz CT molecular complexity index is 330. The van der Waals surface area contributed by atoms with Crippen LogP contribution < -0.4 is 14.8 Å². The Morgan fingerprint density at radius 2 is 1.53 bits per heavy atom. The first-order valence-corrected chi connectivity index (χ1v) is 5.19. The maximum Gasteiger partial charge on any atom is 0.161 e. The number of benzene rings is 1. The van der Waals surface area contributed by atoms with E-state index in [0.717, 1.165) is 24.3 Å². The van der Waals surface area contributed by atoms with Crippen LogP contribution in [-0.4, -0.2) is 27.3 Å². The number of methoxy groups -OCH3 is 2. The van der Waals surface area contributed by atoms with Gasteiger partial charge in [-0.25, -0.2) is 0 Å². The zero-order chi connectivity index (χ0) is 10.8. The topological polar surface area (TPSA) is 30.5 Å². The van der Waals surface area contributed by atoms with E-state index >= 15 is 0 Å². The Kier molecular flexibility index (Phi) is 2.82. The van der Waals surface area contributed by atoms with Gasteiger partial charge in [-0.1, -0.05) is 0 Å². The van der Waals surface area contributed by atoms with Crippen LogP contribution in [0.1, 0.15) is 11.1 Å². The average Bonchev–Trinajstić information content (AvgIpc) is 2.68. The Morgan fingerprint density at radius 1 is 1.07 bits per heavy atom. The van der Waals surface area contributed by atoms with E-state index in [1.165, 1.54) is 11.1 Å². The molecule has 3 heteroatoms. The summed E-state index contributed by atoms with van der Waals surface area (Å²) in [5.74, 6) is 1.65. The molecule has 15 heavy (non-hydrogen) atoms. The monoisotopic (exact) mass is 207 g/mol.